The van der Waals surface area contributed by atoms with E-state index in [0.29, 0.717) is 0 Å². The summed E-state index contributed by atoms with van der Waals surface area (Å²) in [5, 5.41) is 17.5. The molecule has 0 heterocycles. The van der Waals surface area contributed by atoms with Gasteiger partial charge in [-0.25, -0.2) is 0 Å². The number of hydrogen-bond acceptors (Lipinski definition) is 4. The predicted octanol–water partition coefficient (Wildman–Crippen LogP) is 1.70. The van der Waals surface area contributed by atoms with Gasteiger partial charge in [-0.2, -0.15) is 0 Å². The van der Waals surface area contributed by atoms with Gasteiger partial charge < -0.3 is 14.9 Å². The number of carbonyl (C=O) groups excluding carboxylic acids is 1. The zero-order valence-corrected chi connectivity index (χ0v) is 11.4. The molecule has 19 heavy (non-hydrogen) atoms. The lowest BCUT2D eigenvalue weighted by Gasteiger charge is -2.28. The predicted molar refractivity (Wildman–Crippen MR) is 67.5 cm³/mol. The largest absolute Gasteiger partial charge is 0.481 e. The van der Waals surface area contributed by atoms with Crippen molar-refractivity contribution in [3.63, 3.8) is 0 Å². The number of carboxylic acids is 2. The number of aliphatic carboxylic acids is 2. The normalized spacial score (nSPS) is 14.3. The van der Waals surface area contributed by atoms with Gasteiger partial charge in [0.2, 0.25) is 0 Å². The lowest BCUT2D eigenvalue weighted by atomic mass is 9.94. The lowest BCUT2D eigenvalue weighted by Crippen LogP contribution is -2.39. The Kier molecular flexibility index (Phi) is 6.24. The monoisotopic (exact) mass is 272 g/mol. The third-order valence-electron chi connectivity index (χ3n) is 2.93. The van der Waals surface area contributed by atoms with Crippen molar-refractivity contribution in [2.75, 3.05) is 0 Å². The Morgan fingerprint density at radius 3 is 1.95 bits per heavy atom. The molecular formula is C13H20O6. The van der Waals surface area contributed by atoms with Gasteiger partial charge in [-0.1, -0.05) is 19.9 Å². The number of allylic oxidation sites excluding steroid dienone is 1. The van der Waals surface area contributed by atoms with E-state index >= 15 is 0 Å². The van der Waals surface area contributed by atoms with Crippen LogP contribution in [-0.4, -0.2) is 33.7 Å². The maximum absolute atomic E-state index is 11.9. The van der Waals surface area contributed by atoms with Gasteiger partial charge in [0, 0.05) is 0 Å². The minimum atomic E-state index is -1.55. The van der Waals surface area contributed by atoms with Crippen molar-refractivity contribution in [3.05, 3.63) is 12.7 Å². The smallest absolute Gasteiger partial charge is 0.309 e. The van der Waals surface area contributed by atoms with Crippen LogP contribution in [0, 0.1) is 11.8 Å². The second-order valence-electron chi connectivity index (χ2n) is 4.90. The van der Waals surface area contributed by atoms with Gasteiger partial charge in [-0.3, -0.25) is 14.4 Å². The van der Waals surface area contributed by atoms with Crippen molar-refractivity contribution in [2.45, 2.75) is 39.2 Å². The fraction of sp³-hybridized carbons (Fsp3) is 0.615. The quantitative estimate of drug-likeness (QED) is 0.515. The molecule has 0 aromatic carbocycles. The summed E-state index contributed by atoms with van der Waals surface area (Å²) in [4.78, 5) is 33.3. The summed E-state index contributed by atoms with van der Waals surface area (Å²) in [6, 6.07) is 0. The maximum atomic E-state index is 11.9. The zero-order chi connectivity index (χ0) is 15.2. The Morgan fingerprint density at radius 1 is 1.21 bits per heavy atom. The Morgan fingerprint density at radius 2 is 1.63 bits per heavy atom. The Bertz CT molecular complexity index is 357. The second-order valence-corrected chi connectivity index (χ2v) is 4.90. The molecule has 0 fully saturated rings. The third kappa shape index (κ3) is 6.03. The van der Waals surface area contributed by atoms with Crippen molar-refractivity contribution < 1.29 is 29.3 Å². The van der Waals surface area contributed by atoms with E-state index in [1.54, 1.807) is 19.9 Å². The maximum Gasteiger partial charge on any atom is 0.309 e. The molecule has 0 radical (unpaired) electrons. The van der Waals surface area contributed by atoms with Crippen molar-refractivity contribution in [1.82, 2.24) is 0 Å². The Balaban J connectivity index is 4.90. The molecule has 0 aliphatic rings. The molecule has 0 rings (SSSR count). The summed E-state index contributed by atoms with van der Waals surface area (Å²) in [5.74, 6) is -3.73. The SMILES string of the molecule is C=CC(C)C(C)C(=O)OC(C)(CC(=O)O)CC(=O)O. The zero-order valence-electron chi connectivity index (χ0n) is 11.4. The molecule has 6 heteroatoms. The fourth-order valence-corrected chi connectivity index (χ4v) is 1.53. The van der Waals surface area contributed by atoms with E-state index in [1.807, 2.05) is 0 Å². The van der Waals surface area contributed by atoms with Crippen molar-refractivity contribution in [2.24, 2.45) is 11.8 Å². The van der Waals surface area contributed by atoms with Gasteiger partial charge >= 0.3 is 17.9 Å². The first-order valence-corrected chi connectivity index (χ1v) is 5.90. The number of ether oxygens (including phenoxy) is 1. The van der Waals surface area contributed by atoms with Crippen LogP contribution in [0.4, 0.5) is 0 Å². The molecule has 0 spiro atoms. The van der Waals surface area contributed by atoms with E-state index in [0.717, 1.165) is 0 Å². The topological polar surface area (TPSA) is 101 Å². The van der Waals surface area contributed by atoms with E-state index in [1.165, 1.54) is 6.92 Å². The average Bonchev–Trinajstić information content (AvgIpc) is 2.23. The van der Waals surface area contributed by atoms with E-state index in [4.69, 9.17) is 14.9 Å². The standard InChI is InChI=1S/C13H20O6/c1-5-8(2)9(3)12(18)19-13(4,6-10(14)15)7-11(16)17/h5,8-9H,1,6-7H2,2-4H3,(H,14,15)(H,16,17). The number of carboxylic acid groups (broad SMARTS) is 2. The van der Waals surface area contributed by atoms with Gasteiger partial charge in [-0.15, -0.1) is 6.58 Å². The fourth-order valence-electron chi connectivity index (χ4n) is 1.53. The first-order valence-electron chi connectivity index (χ1n) is 5.90. The van der Waals surface area contributed by atoms with Crippen LogP contribution < -0.4 is 0 Å². The van der Waals surface area contributed by atoms with Crippen LogP contribution >= 0.6 is 0 Å². The van der Waals surface area contributed by atoms with E-state index in [-0.39, 0.29) is 5.92 Å². The van der Waals surface area contributed by atoms with Crippen LogP contribution in [-0.2, 0) is 19.1 Å². The van der Waals surface area contributed by atoms with Crippen LogP contribution in [0.3, 0.4) is 0 Å². The molecule has 0 aliphatic heterocycles. The first kappa shape index (κ1) is 17.2. The average molecular weight is 272 g/mol. The number of esters is 1. The highest BCUT2D eigenvalue weighted by Gasteiger charge is 2.36. The summed E-state index contributed by atoms with van der Waals surface area (Å²) >= 11 is 0. The van der Waals surface area contributed by atoms with E-state index in [2.05, 4.69) is 6.58 Å². The molecule has 2 unspecified atom stereocenters. The summed E-state index contributed by atoms with van der Waals surface area (Å²) in [5.41, 5.74) is -1.55. The molecule has 0 saturated heterocycles. The molecule has 0 aromatic heterocycles. The first-order chi connectivity index (χ1) is 8.61. The molecule has 0 amide bonds. The molecule has 2 N–H and O–H groups in total. The summed E-state index contributed by atoms with van der Waals surface area (Å²) in [6.45, 7) is 8.26. The van der Waals surface area contributed by atoms with Crippen molar-refractivity contribution >= 4 is 17.9 Å². The molecule has 2 atom stereocenters. The van der Waals surface area contributed by atoms with Crippen molar-refractivity contribution in [1.29, 1.82) is 0 Å². The van der Waals surface area contributed by atoms with Gasteiger partial charge in [0.15, 0.2) is 0 Å². The highest BCUT2D eigenvalue weighted by atomic mass is 16.6. The molecule has 108 valence electrons. The molecule has 6 nitrogen and oxygen atoms in total. The highest BCUT2D eigenvalue weighted by molar-refractivity contribution is 5.77. The second kappa shape index (κ2) is 6.92. The van der Waals surface area contributed by atoms with Crippen molar-refractivity contribution in [3.8, 4) is 0 Å². The van der Waals surface area contributed by atoms with Gasteiger partial charge in [0.05, 0.1) is 18.8 Å². The third-order valence-corrected chi connectivity index (χ3v) is 2.93. The van der Waals surface area contributed by atoms with Gasteiger partial charge in [0.1, 0.15) is 5.60 Å². The number of carbonyl (C=O) groups is 3. The molecular weight excluding hydrogens is 252 g/mol. The molecule has 0 aliphatic carbocycles. The minimum Gasteiger partial charge on any atom is -0.481 e. The minimum absolute atomic E-state index is 0.147. The summed E-state index contributed by atoms with van der Waals surface area (Å²) in [6.07, 6.45) is 0.470. The molecule has 0 bridgehead atoms. The van der Waals surface area contributed by atoms with Crippen LogP contribution in [0.15, 0.2) is 12.7 Å². The highest BCUT2D eigenvalue weighted by Crippen LogP contribution is 2.24. The number of rotatable bonds is 8. The summed E-state index contributed by atoms with van der Waals surface area (Å²) in [7, 11) is 0. The van der Waals surface area contributed by atoms with Crippen LogP contribution in [0.5, 0.6) is 0 Å². The number of hydrogen-bond donors (Lipinski definition) is 2. The summed E-state index contributed by atoms with van der Waals surface area (Å²) < 4.78 is 5.10. The Labute approximate surface area is 112 Å². The van der Waals surface area contributed by atoms with Crippen LogP contribution in [0.2, 0.25) is 0 Å². The van der Waals surface area contributed by atoms with Crippen LogP contribution in [0.25, 0.3) is 0 Å². The Hall–Kier alpha value is -1.85. The van der Waals surface area contributed by atoms with Gasteiger partial charge in [-0.05, 0) is 12.8 Å². The molecule has 0 aromatic rings. The van der Waals surface area contributed by atoms with Gasteiger partial charge in [0.25, 0.3) is 0 Å². The van der Waals surface area contributed by atoms with E-state index < -0.39 is 42.3 Å². The van der Waals surface area contributed by atoms with Crippen LogP contribution in [0.1, 0.15) is 33.6 Å². The van der Waals surface area contributed by atoms with E-state index in [9.17, 15) is 14.4 Å². The molecule has 0 saturated carbocycles. The lowest BCUT2D eigenvalue weighted by molar-refractivity contribution is -0.171.